The number of carbonyl (C=O) groups is 6. The minimum atomic E-state index is -5.34. The summed E-state index contributed by atoms with van der Waals surface area (Å²) in [6.07, 6.45) is -15.9. The molecule has 0 saturated carbocycles. The predicted molar refractivity (Wildman–Crippen MR) is 163 cm³/mol. The molecule has 0 spiro atoms. The maximum Gasteiger partial charge on any atom is 0.450 e. The van der Waals surface area contributed by atoms with Gasteiger partial charge >= 0.3 is 30.3 Å². The van der Waals surface area contributed by atoms with Crippen molar-refractivity contribution in [1.29, 1.82) is 0 Å². The lowest BCUT2D eigenvalue weighted by Crippen LogP contribution is -2.68. The number of halogens is 10. The van der Waals surface area contributed by atoms with Gasteiger partial charge in [0.2, 0.25) is 23.3 Å². The first kappa shape index (κ1) is 44.2. The van der Waals surface area contributed by atoms with Gasteiger partial charge in [0.25, 0.3) is 0 Å². The number of carbonyl (C=O) groups excluding carboxylic acids is 6. The number of imide groups is 1. The number of amides is 4. The standard InChI is InChI=1S/C15H13ClF4N2O6.C14H12ClF4NO5/c1-6(12(24)27-2)28-10-4-9(8(17)3-7(10)16)22-11(23)5-14(26,15(18,19)20)21-13(22)25;1-6(13(23)24-2)25-10-4-9(8(16)3-7(10)15)20-12(22)5-11(21)14(17,18)19/h3-4,6,26H,5H2,1-2H3,(H,21,25);3-4,6H,5H2,1-2H3,(H,20,22). The Balaban J connectivity index is 0.000000370. The minimum Gasteiger partial charge on any atom is -0.477 e. The quantitative estimate of drug-likeness (QED) is 0.167. The van der Waals surface area contributed by atoms with Gasteiger partial charge in [0.05, 0.1) is 48.5 Å². The normalized spacial score (nSPS) is 17.0. The molecule has 1 aliphatic rings. The zero-order chi connectivity index (χ0) is 40.8. The largest absolute Gasteiger partial charge is 0.477 e. The number of nitrogens with zero attached hydrogens (tertiary/aromatic N) is 1. The van der Waals surface area contributed by atoms with Crippen molar-refractivity contribution in [1.82, 2.24) is 5.32 Å². The molecule has 2 aromatic carbocycles. The van der Waals surface area contributed by atoms with Gasteiger partial charge < -0.3 is 34.7 Å². The number of aliphatic hydroxyl groups is 1. The van der Waals surface area contributed by atoms with E-state index in [0.717, 1.165) is 32.4 Å². The van der Waals surface area contributed by atoms with Crippen molar-refractivity contribution in [3.63, 3.8) is 0 Å². The third kappa shape index (κ3) is 11.3. The number of hydrogen-bond acceptors (Lipinski definition) is 11. The smallest absolute Gasteiger partial charge is 0.450 e. The fraction of sp³-hybridized carbons (Fsp3) is 0.379. The SMILES string of the molecule is COC(=O)C(C)Oc1cc(N2C(=O)CC(O)(C(F)(F)F)NC2=O)c(F)cc1Cl.COC(=O)C(C)Oc1cc(NC(=O)CC(=O)C(F)(F)F)c(F)cc1Cl. The lowest BCUT2D eigenvalue weighted by molar-refractivity contribution is -0.269. The van der Waals surface area contributed by atoms with E-state index in [1.807, 2.05) is 5.32 Å². The van der Waals surface area contributed by atoms with Gasteiger partial charge in [0.15, 0.2) is 12.2 Å². The van der Waals surface area contributed by atoms with E-state index in [0.29, 0.717) is 6.07 Å². The number of alkyl halides is 6. The van der Waals surface area contributed by atoms with Crippen LogP contribution in [0.15, 0.2) is 24.3 Å². The van der Waals surface area contributed by atoms with Crippen molar-refractivity contribution >= 4 is 70.1 Å². The molecule has 3 atom stereocenters. The van der Waals surface area contributed by atoms with E-state index in [1.54, 1.807) is 0 Å². The van der Waals surface area contributed by atoms with Crippen LogP contribution in [-0.2, 0) is 33.4 Å². The van der Waals surface area contributed by atoms with E-state index in [4.69, 9.17) is 32.7 Å². The summed E-state index contributed by atoms with van der Waals surface area (Å²) >= 11 is 11.5. The number of hydrogen-bond donors (Lipinski definition) is 3. The Morgan fingerprint density at radius 1 is 0.887 bits per heavy atom. The highest BCUT2D eigenvalue weighted by atomic mass is 35.5. The van der Waals surface area contributed by atoms with E-state index >= 15 is 0 Å². The number of rotatable bonds is 10. The number of anilines is 2. The molecule has 1 heterocycles. The molecule has 53 heavy (non-hydrogen) atoms. The molecular weight excluding hydrogens is 789 g/mol. The molecule has 4 amide bonds. The fourth-order valence-corrected chi connectivity index (χ4v) is 4.24. The van der Waals surface area contributed by atoms with Crippen LogP contribution >= 0.6 is 23.2 Å². The lowest BCUT2D eigenvalue weighted by atomic mass is 10.1. The Kier molecular flexibility index (Phi) is 14.4. The van der Waals surface area contributed by atoms with Crippen molar-refractivity contribution in [2.45, 2.75) is 57.0 Å². The molecule has 1 fully saturated rings. The molecule has 3 rings (SSSR count). The van der Waals surface area contributed by atoms with Gasteiger partial charge in [-0.25, -0.2) is 28.1 Å². The average molecular weight is 814 g/mol. The third-order valence-electron chi connectivity index (χ3n) is 6.49. The van der Waals surface area contributed by atoms with Crippen molar-refractivity contribution in [2.24, 2.45) is 0 Å². The van der Waals surface area contributed by atoms with E-state index in [1.165, 1.54) is 19.2 Å². The van der Waals surface area contributed by atoms with E-state index < -0.39 is 102 Å². The molecule has 1 saturated heterocycles. The van der Waals surface area contributed by atoms with Gasteiger partial charge in [0, 0.05) is 12.1 Å². The molecule has 24 heteroatoms. The summed E-state index contributed by atoms with van der Waals surface area (Å²) in [5.41, 5.74) is -5.15. The van der Waals surface area contributed by atoms with Crippen LogP contribution < -0.4 is 25.0 Å². The van der Waals surface area contributed by atoms with Crippen LogP contribution in [-0.4, -0.2) is 85.2 Å². The van der Waals surface area contributed by atoms with Gasteiger partial charge in [0.1, 0.15) is 23.1 Å². The number of benzene rings is 2. The predicted octanol–water partition coefficient (Wildman–Crippen LogP) is 5.00. The minimum absolute atomic E-state index is 0.0571. The molecule has 3 unspecified atom stereocenters. The van der Waals surface area contributed by atoms with Crippen LogP contribution in [0.3, 0.4) is 0 Å². The Bertz CT molecular complexity index is 1760. The number of nitrogens with one attached hydrogen (secondary N) is 2. The van der Waals surface area contributed by atoms with Gasteiger partial charge in [-0.1, -0.05) is 23.2 Å². The summed E-state index contributed by atoms with van der Waals surface area (Å²) in [4.78, 5) is 69.1. The monoisotopic (exact) mass is 813 g/mol. The molecule has 1 aliphatic heterocycles. The Morgan fingerprint density at radius 2 is 1.36 bits per heavy atom. The van der Waals surface area contributed by atoms with Crippen LogP contribution in [0.4, 0.5) is 51.3 Å². The number of ether oxygens (including phenoxy) is 4. The van der Waals surface area contributed by atoms with Crippen molar-refractivity contribution in [3.8, 4) is 11.5 Å². The highest BCUT2D eigenvalue weighted by Gasteiger charge is 2.60. The van der Waals surface area contributed by atoms with Crippen molar-refractivity contribution in [3.05, 3.63) is 45.9 Å². The molecule has 3 N–H and O–H groups in total. The molecule has 292 valence electrons. The van der Waals surface area contributed by atoms with Crippen molar-refractivity contribution < 1.29 is 87.9 Å². The maximum atomic E-state index is 14.3. The molecule has 14 nitrogen and oxygen atoms in total. The summed E-state index contributed by atoms with van der Waals surface area (Å²) in [5, 5.41) is 11.9. The molecule has 0 bridgehead atoms. The number of Topliss-reactive ketones (excluding diaryl/α,β-unsaturated/α-hetero) is 1. The Labute approximate surface area is 302 Å². The summed E-state index contributed by atoms with van der Waals surface area (Å²) in [5.74, 6) is -9.64. The van der Waals surface area contributed by atoms with Crippen LogP contribution in [0.25, 0.3) is 0 Å². The highest BCUT2D eigenvalue weighted by Crippen LogP contribution is 2.38. The summed E-state index contributed by atoms with van der Waals surface area (Å²) < 4.78 is 122. The van der Waals surface area contributed by atoms with E-state index in [9.17, 15) is 69.0 Å². The topological polar surface area (TPSA) is 187 Å². The number of ketones is 1. The van der Waals surface area contributed by atoms with Gasteiger partial charge in [-0.05, 0) is 26.0 Å². The van der Waals surface area contributed by atoms with E-state index in [2.05, 4.69) is 9.47 Å². The molecule has 0 radical (unpaired) electrons. The number of urea groups is 1. The average Bonchev–Trinajstić information content (AvgIpc) is 3.03. The second kappa shape index (κ2) is 17.2. The van der Waals surface area contributed by atoms with Gasteiger partial charge in [-0.3, -0.25) is 14.4 Å². The Hall–Kier alpha value is -4.96. The highest BCUT2D eigenvalue weighted by molar-refractivity contribution is 6.32. The zero-order valence-corrected chi connectivity index (χ0v) is 28.6. The van der Waals surface area contributed by atoms with Gasteiger partial charge in [-0.2, -0.15) is 26.3 Å². The van der Waals surface area contributed by atoms with E-state index in [-0.39, 0.29) is 26.4 Å². The van der Waals surface area contributed by atoms with Gasteiger partial charge in [-0.15, -0.1) is 0 Å². The third-order valence-corrected chi connectivity index (χ3v) is 7.08. The van der Waals surface area contributed by atoms with Crippen LogP contribution in [0, 0.1) is 11.6 Å². The number of methoxy groups -OCH3 is 2. The first-order valence-electron chi connectivity index (χ1n) is 14.1. The summed E-state index contributed by atoms with van der Waals surface area (Å²) in [6.45, 7) is 2.58. The molecular formula is C29H25Cl2F8N3O11. The zero-order valence-electron chi connectivity index (χ0n) is 27.1. The maximum absolute atomic E-state index is 14.3. The summed E-state index contributed by atoms with van der Waals surface area (Å²) in [6, 6.07) is 1.27. The first-order valence-corrected chi connectivity index (χ1v) is 14.8. The second-order valence-electron chi connectivity index (χ2n) is 10.4. The summed E-state index contributed by atoms with van der Waals surface area (Å²) in [7, 11) is 2.19. The Morgan fingerprint density at radius 3 is 1.79 bits per heavy atom. The van der Waals surface area contributed by atoms with Crippen LogP contribution in [0.5, 0.6) is 11.5 Å². The van der Waals surface area contributed by atoms with Crippen molar-refractivity contribution in [2.75, 3.05) is 24.4 Å². The van der Waals surface area contributed by atoms with Crippen LogP contribution in [0.1, 0.15) is 26.7 Å². The molecule has 0 aliphatic carbocycles. The fourth-order valence-electron chi connectivity index (χ4n) is 3.85. The number of esters is 2. The first-order chi connectivity index (χ1) is 24.3. The molecule has 2 aromatic rings. The van der Waals surface area contributed by atoms with Crippen LogP contribution in [0.2, 0.25) is 10.0 Å². The molecule has 0 aromatic heterocycles. The lowest BCUT2D eigenvalue weighted by Gasteiger charge is -2.38. The second-order valence-corrected chi connectivity index (χ2v) is 11.2.